The molecule has 0 spiro atoms. The van der Waals surface area contributed by atoms with Gasteiger partial charge in [0.1, 0.15) is 18.8 Å². The minimum atomic E-state index is -0.576. The molecule has 0 saturated carbocycles. The SMILES string of the molecule is CC(C)(C)OC(=O)CN1CCNCCN(C(=O)OCc2ccccc2)CCN(C(=O)OCc2ccccc2)CC1. The molecule has 0 unspecified atom stereocenters. The number of benzene rings is 2. The van der Waals surface area contributed by atoms with E-state index in [-0.39, 0.29) is 38.8 Å². The molecule has 1 saturated heterocycles. The highest BCUT2D eigenvalue weighted by molar-refractivity contribution is 5.72. The van der Waals surface area contributed by atoms with Crippen molar-refractivity contribution in [3.63, 3.8) is 0 Å². The highest BCUT2D eigenvalue weighted by Crippen LogP contribution is 2.09. The van der Waals surface area contributed by atoms with Gasteiger partial charge in [0.2, 0.25) is 0 Å². The van der Waals surface area contributed by atoms with E-state index in [0.717, 1.165) is 11.1 Å². The van der Waals surface area contributed by atoms with Crippen LogP contribution in [0.4, 0.5) is 9.59 Å². The lowest BCUT2D eigenvalue weighted by atomic mass is 10.2. The second-order valence-electron chi connectivity index (χ2n) is 10.7. The zero-order chi connectivity index (χ0) is 28.8. The smallest absolute Gasteiger partial charge is 0.410 e. The van der Waals surface area contributed by atoms with Crippen molar-refractivity contribution in [2.75, 3.05) is 58.9 Å². The van der Waals surface area contributed by atoms with Gasteiger partial charge in [-0.25, -0.2) is 9.59 Å². The molecule has 40 heavy (non-hydrogen) atoms. The molecule has 2 aromatic carbocycles. The second-order valence-corrected chi connectivity index (χ2v) is 10.7. The van der Waals surface area contributed by atoms with Crippen molar-refractivity contribution in [1.82, 2.24) is 20.0 Å². The number of rotatable bonds is 6. The summed E-state index contributed by atoms with van der Waals surface area (Å²) in [6.07, 6.45) is -0.916. The minimum absolute atomic E-state index is 0.115. The van der Waals surface area contributed by atoms with Gasteiger partial charge in [-0.1, -0.05) is 60.7 Å². The Morgan fingerprint density at radius 2 is 1.18 bits per heavy atom. The van der Waals surface area contributed by atoms with Crippen LogP contribution in [0.25, 0.3) is 0 Å². The van der Waals surface area contributed by atoms with Crippen molar-refractivity contribution >= 4 is 18.2 Å². The van der Waals surface area contributed by atoms with E-state index in [1.807, 2.05) is 86.3 Å². The van der Waals surface area contributed by atoms with Crippen molar-refractivity contribution in [3.05, 3.63) is 71.8 Å². The average Bonchev–Trinajstić information content (AvgIpc) is 2.92. The summed E-state index contributed by atoms with van der Waals surface area (Å²) >= 11 is 0. The molecule has 2 aromatic rings. The molecule has 0 radical (unpaired) electrons. The summed E-state index contributed by atoms with van der Waals surface area (Å²) < 4.78 is 16.7. The van der Waals surface area contributed by atoms with E-state index in [2.05, 4.69) is 5.32 Å². The van der Waals surface area contributed by atoms with Crippen LogP contribution in [0.15, 0.2) is 60.7 Å². The number of ether oxygens (including phenoxy) is 3. The van der Waals surface area contributed by atoms with E-state index in [0.29, 0.717) is 39.3 Å². The maximum absolute atomic E-state index is 13.1. The van der Waals surface area contributed by atoms with Crippen LogP contribution in [0, 0.1) is 0 Å². The van der Waals surface area contributed by atoms with Crippen molar-refractivity contribution < 1.29 is 28.6 Å². The van der Waals surface area contributed by atoms with Crippen LogP contribution in [0.5, 0.6) is 0 Å². The monoisotopic (exact) mass is 554 g/mol. The number of amides is 2. The van der Waals surface area contributed by atoms with E-state index >= 15 is 0 Å². The van der Waals surface area contributed by atoms with Crippen molar-refractivity contribution in [2.24, 2.45) is 0 Å². The number of carbonyl (C=O) groups excluding carboxylic acids is 3. The molecule has 218 valence electrons. The number of hydrogen-bond acceptors (Lipinski definition) is 8. The molecule has 0 bridgehead atoms. The summed E-state index contributed by atoms with van der Waals surface area (Å²) in [6.45, 7) is 9.38. The molecule has 1 heterocycles. The average molecular weight is 555 g/mol. The Kier molecular flexibility index (Phi) is 12.2. The molecule has 10 heteroatoms. The van der Waals surface area contributed by atoms with Gasteiger partial charge < -0.3 is 29.3 Å². The quantitative estimate of drug-likeness (QED) is 0.428. The molecule has 10 nitrogen and oxygen atoms in total. The highest BCUT2D eigenvalue weighted by atomic mass is 16.6. The molecule has 1 aliphatic heterocycles. The van der Waals surface area contributed by atoms with Crippen LogP contribution in [-0.4, -0.2) is 97.4 Å². The fourth-order valence-electron chi connectivity index (χ4n) is 4.12. The molecular formula is C30H42N4O6. The van der Waals surface area contributed by atoms with E-state index in [1.54, 1.807) is 9.80 Å². The Balaban J connectivity index is 1.65. The first-order valence-corrected chi connectivity index (χ1v) is 13.8. The predicted octanol–water partition coefficient (Wildman–Crippen LogP) is 3.51. The van der Waals surface area contributed by atoms with Gasteiger partial charge in [0.25, 0.3) is 0 Å². The Bertz CT molecular complexity index is 1060. The maximum atomic E-state index is 13.1. The van der Waals surface area contributed by atoms with Gasteiger partial charge in [-0.05, 0) is 31.9 Å². The summed E-state index contributed by atoms with van der Waals surface area (Å²) in [5.74, 6) is -0.315. The highest BCUT2D eigenvalue weighted by Gasteiger charge is 2.24. The first kappa shape index (κ1) is 30.9. The standard InChI is InChI=1S/C30H42N4O6/c1-30(2,3)40-27(35)22-32-16-14-31-15-17-33(28(36)38-23-25-10-6-4-7-11-25)20-21-34(19-18-32)29(37)39-24-26-12-8-5-9-13-26/h4-13,31H,14-24H2,1-3H3. The third-order valence-corrected chi connectivity index (χ3v) is 6.19. The zero-order valence-electron chi connectivity index (χ0n) is 23.8. The fourth-order valence-corrected chi connectivity index (χ4v) is 4.12. The van der Waals surface area contributed by atoms with E-state index in [4.69, 9.17) is 14.2 Å². The van der Waals surface area contributed by atoms with Gasteiger partial charge >= 0.3 is 18.2 Å². The van der Waals surface area contributed by atoms with Gasteiger partial charge in [0.15, 0.2) is 0 Å². The number of esters is 1. The summed E-state index contributed by atoms with van der Waals surface area (Å²) in [4.78, 5) is 43.7. The molecule has 1 aliphatic rings. The lowest BCUT2D eigenvalue weighted by Crippen LogP contribution is -2.49. The Hall–Kier alpha value is -3.63. The summed E-state index contributed by atoms with van der Waals surface area (Å²) in [6, 6.07) is 19.0. The maximum Gasteiger partial charge on any atom is 0.410 e. The summed E-state index contributed by atoms with van der Waals surface area (Å²) in [5.41, 5.74) is 1.21. The van der Waals surface area contributed by atoms with Crippen LogP contribution in [0.3, 0.4) is 0 Å². The zero-order valence-corrected chi connectivity index (χ0v) is 23.8. The second kappa shape index (κ2) is 15.8. The van der Waals surface area contributed by atoms with Crippen molar-refractivity contribution in [2.45, 2.75) is 39.6 Å². The van der Waals surface area contributed by atoms with Gasteiger partial charge in [0.05, 0.1) is 6.54 Å². The van der Waals surface area contributed by atoms with Crippen LogP contribution in [0.2, 0.25) is 0 Å². The molecule has 1 N–H and O–H groups in total. The Morgan fingerprint density at radius 1 is 0.700 bits per heavy atom. The lowest BCUT2D eigenvalue weighted by molar-refractivity contribution is -0.156. The summed E-state index contributed by atoms with van der Waals surface area (Å²) in [7, 11) is 0. The third kappa shape index (κ3) is 11.6. The van der Waals surface area contributed by atoms with E-state index in [9.17, 15) is 14.4 Å². The third-order valence-electron chi connectivity index (χ3n) is 6.19. The summed E-state index contributed by atoms with van der Waals surface area (Å²) in [5, 5.41) is 3.34. The first-order chi connectivity index (χ1) is 19.2. The van der Waals surface area contributed by atoms with Crippen molar-refractivity contribution in [1.29, 1.82) is 0 Å². The Labute approximate surface area is 237 Å². The van der Waals surface area contributed by atoms with Crippen LogP contribution in [-0.2, 0) is 32.2 Å². The van der Waals surface area contributed by atoms with E-state index < -0.39 is 17.8 Å². The lowest BCUT2D eigenvalue weighted by Gasteiger charge is -2.31. The first-order valence-electron chi connectivity index (χ1n) is 13.8. The topological polar surface area (TPSA) is 101 Å². The molecule has 0 aromatic heterocycles. The normalized spacial score (nSPS) is 15.9. The molecule has 0 aliphatic carbocycles. The van der Waals surface area contributed by atoms with Gasteiger partial charge in [-0.2, -0.15) is 0 Å². The molecular weight excluding hydrogens is 512 g/mol. The molecule has 0 atom stereocenters. The van der Waals surface area contributed by atoms with Gasteiger partial charge in [-0.3, -0.25) is 9.69 Å². The Morgan fingerprint density at radius 3 is 1.70 bits per heavy atom. The number of nitrogens with one attached hydrogen (secondary N) is 1. The predicted molar refractivity (Wildman–Crippen MR) is 152 cm³/mol. The van der Waals surface area contributed by atoms with Crippen LogP contribution in [0.1, 0.15) is 31.9 Å². The molecule has 1 fully saturated rings. The minimum Gasteiger partial charge on any atom is -0.459 e. The number of nitrogens with zero attached hydrogens (tertiary/aromatic N) is 3. The van der Waals surface area contributed by atoms with E-state index in [1.165, 1.54) is 0 Å². The van der Waals surface area contributed by atoms with Gasteiger partial charge in [-0.15, -0.1) is 0 Å². The van der Waals surface area contributed by atoms with Crippen LogP contribution < -0.4 is 5.32 Å². The van der Waals surface area contributed by atoms with Crippen LogP contribution >= 0.6 is 0 Å². The molecule has 2 amide bonds. The molecule has 3 rings (SSSR count). The number of hydrogen-bond donors (Lipinski definition) is 1. The van der Waals surface area contributed by atoms with Crippen molar-refractivity contribution in [3.8, 4) is 0 Å². The van der Waals surface area contributed by atoms with Gasteiger partial charge in [0, 0.05) is 52.4 Å². The largest absolute Gasteiger partial charge is 0.459 e. The fraction of sp³-hybridized carbons (Fsp3) is 0.500. The number of carbonyl (C=O) groups is 3.